The van der Waals surface area contributed by atoms with Crippen LogP contribution in [0.5, 0.6) is 0 Å². The number of carboxylic acid groups (broad SMARTS) is 1. The molecule has 9 heavy (non-hydrogen) atoms. The zero-order valence-electron chi connectivity index (χ0n) is 5.50. The Labute approximate surface area is 54.6 Å². The lowest BCUT2D eigenvalue weighted by molar-refractivity contribution is -0.138. The number of hydrogen-bond acceptors (Lipinski definition) is 2. The summed E-state index contributed by atoms with van der Waals surface area (Å²) in [4.78, 5) is 9.65. The van der Waals surface area contributed by atoms with Gasteiger partial charge in [0.2, 0.25) is 0 Å². The summed E-state index contributed by atoms with van der Waals surface area (Å²) in [5.74, 6) is -0.963. The van der Waals surface area contributed by atoms with Gasteiger partial charge in [-0.05, 0) is 6.92 Å². The molecule has 0 radical (unpaired) electrons. The van der Waals surface area contributed by atoms with Crippen molar-refractivity contribution < 1.29 is 15.0 Å². The maximum atomic E-state index is 9.65. The average molecular weight is 132 g/mol. The van der Waals surface area contributed by atoms with Crippen molar-refractivity contribution in [3.05, 3.63) is 13.2 Å². The van der Waals surface area contributed by atoms with Gasteiger partial charge >= 0.3 is 5.97 Å². The van der Waals surface area contributed by atoms with E-state index in [0.29, 0.717) is 0 Å². The topological polar surface area (TPSA) is 57.5 Å². The van der Waals surface area contributed by atoms with Crippen molar-refractivity contribution in [3.63, 3.8) is 0 Å². The molecule has 0 aliphatic rings. The Bertz CT molecular complexity index is 78.4. The van der Waals surface area contributed by atoms with Crippen molar-refractivity contribution >= 4 is 5.97 Å². The summed E-state index contributed by atoms with van der Waals surface area (Å²) in [6.07, 6.45) is -0.891. The van der Waals surface area contributed by atoms with Crippen LogP contribution >= 0.6 is 0 Å². The highest BCUT2D eigenvalue weighted by Gasteiger charge is 2.00. The molecule has 0 bridgehead atoms. The van der Waals surface area contributed by atoms with Crippen LogP contribution in [-0.2, 0) is 4.79 Å². The molecule has 0 saturated heterocycles. The predicted octanol–water partition coefficient (Wildman–Crippen LogP) is 0.644. The normalized spacial score (nSPS) is 10.9. The highest BCUT2D eigenvalue weighted by Crippen LogP contribution is 1.85. The molecule has 0 fully saturated rings. The van der Waals surface area contributed by atoms with E-state index in [4.69, 9.17) is 10.2 Å². The first-order chi connectivity index (χ1) is 4.13. The summed E-state index contributed by atoms with van der Waals surface area (Å²) in [6, 6.07) is 0. The first-order valence-electron chi connectivity index (χ1n) is 2.53. The van der Waals surface area contributed by atoms with E-state index in [-0.39, 0.29) is 6.42 Å². The third-order valence-corrected chi connectivity index (χ3v) is 0.470. The Hall–Kier alpha value is -0.830. The Morgan fingerprint density at radius 1 is 1.67 bits per heavy atom. The summed E-state index contributed by atoms with van der Waals surface area (Å²) >= 11 is 0. The van der Waals surface area contributed by atoms with E-state index in [0.717, 1.165) is 0 Å². The van der Waals surface area contributed by atoms with E-state index in [1.165, 1.54) is 6.92 Å². The van der Waals surface area contributed by atoms with Crippen molar-refractivity contribution in [3.8, 4) is 0 Å². The molecule has 0 rings (SSSR count). The fourth-order valence-electron chi connectivity index (χ4n) is 0.253. The van der Waals surface area contributed by atoms with E-state index in [9.17, 15) is 4.79 Å². The van der Waals surface area contributed by atoms with Crippen molar-refractivity contribution in [2.24, 2.45) is 0 Å². The second-order valence-electron chi connectivity index (χ2n) is 1.45. The van der Waals surface area contributed by atoms with Gasteiger partial charge in [0, 0.05) is 0 Å². The van der Waals surface area contributed by atoms with Gasteiger partial charge in [0.25, 0.3) is 0 Å². The number of rotatable bonds is 2. The van der Waals surface area contributed by atoms with Gasteiger partial charge in [0.15, 0.2) is 0 Å². The van der Waals surface area contributed by atoms with Crippen LogP contribution in [0.2, 0.25) is 0 Å². The van der Waals surface area contributed by atoms with Crippen molar-refractivity contribution in [2.75, 3.05) is 0 Å². The molecule has 3 nitrogen and oxygen atoms in total. The third kappa shape index (κ3) is 19.1. The predicted molar refractivity (Wildman–Crippen MR) is 35.2 cm³/mol. The van der Waals surface area contributed by atoms with E-state index in [1.807, 2.05) is 0 Å². The Balaban J connectivity index is 0. The first-order valence-corrected chi connectivity index (χ1v) is 2.53. The van der Waals surface area contributed by atoms with Crippen LogP contribution in [0.1, 0.15) is 13.3 Å². The highest BCUT2D eigenvalue weighted by atomic mass is 16.4. The maximum absolute atomic E-state index is 9.65. The number of carbonyl (C=O) groups is 1. The molecule has 0 amide bonds. The van der Waals surface area contributed by atoms with Gasteiger partial charge < -0.3 is 10.2 Å². The molecule has 0 aliphatic carbocycles. The van der Waals surface area contributed by atoms with Gasteiger partial charge in [-0.3, -0.25) is 4.79 Å². The Kier molecular flexibility index (Phi) is 8.79. The Morgan fingerprint density at radius 3 is 2.00 bits per heavy atom. The van der Waals surface area contributed by atoms with Crippen LogP contribution < -0.4 is 0 Å². The quantitative estimate of drug-likeness (QED) is 0.542. The second-order valence-corrected chi connectivity index (χ2v) is 1.45. The van der Waals surface area contributed by atoms with Crippen LogP contribution in [0.15, 0.2) is 13.2 Å². The van der Waals surface area contributed by atoms with Crippen LogP contribution in [0.25, 0.3) is 0 Å². The fraction of sp³-hybridized carbons (Fsp3) is 0.500. The lowest BCUT2D eigenvalue weighted by Gasteiger charge is -1.94. The smallest absolute Gasteiger partial charge is 0.305 e. The lowest BCUT2D eigenvalue weighted by atomic mass is 10.3. The van der Waals surface area contributed by atoms with Crippen LogP contribution in [-0.4, -0.2) is 22.3 Å². The second kappa shape index (κ2) is 7.17. The molecule has 0 aromatic carbocycles. The molecule has 0 heterocycles. The number of aliphatic carboxylic acids is 1. The molecule has 0 aliphatic heterocycles. The third-order valence-electron chi connectivity index (χ3n) is 0.470. The van der Waals surface area contributed by atoms with Gasteiger partial charge in [-0.2, -0.15) is 0 Å². The SMILES string of the molecule is C=C.C[C@@H](O)CC(=O)O. The fourth-order valence-corrected chi connectivity index (χ4v) is 0.253. The van der Waals surface area contributed by atoms with Crippen molar-refractivity contribution in [1.82, 2.24) is 0 Å². The van der Waals surface area contributed by atoms with E-state index in [2.05, 4.69) is 13.2 Å². The van der Waals surface area contributed by atoms with Crippen LogP contribution in [0.4, 0.5) is 0 Å². The molecule has 0 saturated carbocycles. The van der Waals surface area contributed by atoms with Crippen molar-refractivity contribution in [1.29, 1.82) is 0 Å². The molecular weight excluding hydrogens is 120 g/mol. The zero-order chi connectivity index (χ0) is 7.86. The largest absolute Gasteiger partial charge is 0.481 e. The molecule has 3 heteroatoms. The lowest BCUT2D eigenvalue weighted by Crippen LogP contribution is -2.07. The minimum atomic E-state index is -0.963. The number of carboxylic acids is 1. The summed E-state index contributed by atoms with van der Waals surface area (Å²) in [5, 5.41) is 16.3. The minimum Gasteiger partial charge on any atom is -0.481 e. The van der Waals surface area contributed by atoms with Crippen LogP contribution in [0.3, 0.4) is 0 Å². The zero-order valence-corrected chi connectivity index (χ0v) is 5.50. The molecule has 0 spiro atoms. The van der Waals surface area contributed by atoms with Gasteiger partial charge in [0.1, 0.15) is 0 Å². The van der Waals surface area contributed by atoms with Gasteiger partial charge in [0.05, 0.1) is 12.5 Å². The van der Waals surface area contributed by atoms with E-state index >= 15 is 0 Å². The van der Waals surface area contributed by atoms with Gasteiger partial charge in [-0.1, -0.05) is 0 Å². The monoisotopic (exact) mass is 132 g/mol. The van der Waals surface area contributed by atoms with E-state index in [1.54, 1.807) is 0 Å². The summed E-state index contributed by atoms with van der Waals surface area (Å²) < 4.78 is 0. The molecule has 0 aromatic rings. The van der Waals surface area contributed by atoms with Gasteiger partial charge in [-0.15, -0.1) is 13.2 Å². The molecule has 2 N–H and O–H groups in total. The molecule has 1 atom stereocenters. The minimum absolute atomic E-state index is 0.167. The molecule has 54 valence electrons. The first kappa shape index (κ1) is 11.0. The number of aliphatic hydroxyl groups excluding tert-OH is 1. The standard InChI is InChI=1S/C4H8O3.C2H4/c1-3(5)2-4(6)7;1-2/h3,5H,2H2,1H3,(H,6,7);1-2H2/t3-;/m1./s1. The van der Waals surface area contributed by atoms with Crippen molar-refractivity contribution in [2.45, 2.75) is 19.4 Å². The summed E-state index contributed by atoms with van der Waals surface area (Å²) in [6.45, 7) is 7.44. The summed E-state index contributed by atoms with van der Waals surface area (Å²) in [5.41, 5.74) is 0. The number of aliphatic hydroxyl groups is 1. The van der Waals surface area contributed by atoms with Gasteiger partial charge in [-0.25, -0.2) is 0 Å². The van der Waals surface area contributed by atoms with E-state index < -0.39 is 12.1 Å². The molecule has 0 unspecified atom stereocenters. The van der Waals surface area contributed by atoms with Crippen LogP contribution in [0, 0.1) is 0 Å². The molecular formula is C6H12O3. The molecule has 0 aromatic heterocycles. The maximum Gasteiger partial charge on any atom is 0.305 e. The summed E-state index contributed by atoms with van der Waals surface area (Å²) in [7, 11) is 0. The number of hydrogen-bond donors (Lipinski definition) is 2. The highest BCUT2D eigenvalue weighted by molar-refractivity contribution is 5.67. The Morgan fingerprint density at radius 2 is 2.00 bits per heavy atom. The average Bonchev–Trinajstić information content (AvgIpc) is 1.68.